The predicted molar refractivity (Wildman–Crippen MR) is 147 cm³/mol. The molecule has 1 heterocycles. The van der Waals surface area contributed by atoms with Crippen molar-refractivity contribution in [3.05, 3.63) is 89.5 Å². The SMILES string of the molecule is N#Cc1cccc(N2C[C@H](NC(=O)C(CCC(F)(F)F)C(C(N)=O)c3ccccc3)C(=O)Nc3c(C(F)F)cccc32)c1. The summed E-state index contributed by atoms with van der Waals surface area (Å²) in [6.07, 6.45) is -9.86. The second kappa shape index (κ2) is 12.9. The average molecular weight is 600 g/mol. The maximum atomic E-state index is 14.0. The van der Waals surface area contributed by atoms with Crippen LogP contribution >= 0.6 is 0 Å². The van der Waals surface area contributed by atoms with Crippen molar-refractivity contribution in [3.63, 3.8) is 0 Å². The molecule has 0 aliphatic carbocycles. The topological polar surface area (TPSA) is 128 Å². The summed E-state index contributed by atoms with van der Waals surface area (Å²) in [4.78, 5) is 41.0. The maximum Gasteiger partial charge on any atom is 0.389 e. The molecule has 0 aromatic heterocycles. The van der Waals surface area contributed by atoms with Crippen molar-refractivity contribution in [2.75, 3.05) is 16.8 Å². The molecule has 3 amide bonds. The molecule has 1 aliphatic rings. The van der Waals surface area contributed by atoms with Gasteiger partial charge in [0, 0.05) is 17.7 Å². The van der Waals surface area contributed by atoms with Crippen LogP contribution < -0.4 is 21.3 Å². The van der Waals surface area contributed by atoms with Crippen molar-refractivity contribution < 1.29 is 36.3 Å². The van der Waals surface area contributed by atoms with Gasteiger partial charge in [-0.1, -0.05) is 48.5 Å². The van der Waals surface area contributed by atoms with Gasteiger partial charge in [0.2, 0.25) is 17.7 Å². The molecular weight excluding hydrogens is 573 g/mol. The number of carbonyl (C=O) groups excluding carboxylic acids is 3. The normalized spacial score (nSPS) is 16.3. The quantitative estimate of drug-likeness (QED) is 0.288. The molecule has 0 saturated carbocycles. The molecule has 13 heteroatoms. The van der Waals surface area contributed by atoms with Gasteiger partial charge in [-0.2, -0.15) is 18.4 Å². The van der Waals surface area contributed by atoms with Crippen LogP contribution in [0.2, 0.25) is 0 Å². The van der Waals surface area contributed by atoms with Crippen LogP contribution in [0.3, 0.4) is 0 Å². The van der Waals surface area contributed by atoms with E-state index in [0.29, 0.717) is 5.69 Å². The number of anilines is 3. The van der Waals surface area contributed by atoms with Crippen LogP contribution in [0.5, 0.6) is 0 Å². The lowest BCUT2D eigenvalue weighted by Crippen LogP contribution is -2.51. The van der Waals surface area contributed by atoms with Crippen LogP contribution in [0.25, 0.3) is 0 Å². The third kappa shape index (κ3) is 7.27. The highest BCUT2D eigenvalue weighted by Gasteiger charge is 2.40. The lowest BCUT2D eigenvalue weighted by atomic mass is 9.81. The van der Waals surface area contributed by atoms with Gasteiger partial charge in [-0.15, -0.1) is 0 Å². The van der Waals surface area contributed by atoms with Crippen molar-refractivity contribution in [2.24, 2.45) is 11.7 Å². The van der Waals surface area contributed by atoms with Gasteiger partial charge >= 0.3 is 6.18 Å². The molecule has 0 radical (unpaired) electrons. The fourth-order valence-corrected chi connectivity index (χ4v) is 5.08. The molecule has 4 rings (SSSR count). The van der Waals surface area contributed by atoms with E-state index in [2.05, 4.69) is 10.6 Å². The zero-order valence-corrected chi connectivity index (χ0v) is 22.4. The number of hydrogen-bond donors (Lipinski definition) is 3. The summed E-state index contributed by atoms with van der Waals surface area (Å²) in [6, 6.07) is 18.1. The Balaban J connectivity index is 1.74. The summed E-state index contributed by atoms with van der Waals surface area (Å²) in [5.74, 6) is -6.08. The number of rotatable bonds is 9. The third-order valence-corrected chi connectivity index (χ3v) is 7.08. The number of carbonyl (C=O) groups is 3. The average Bonchev–Trinajstić information content (AvgIpc) is 3.10. The van der Waals surface area contributed by atoms with E-state index in [4.69, 9.17) is 5.73 Å². The van der Waals surface area contributed by atoms with E-state index in [0.717, 1.165) is 6.07 Å². The maximum absolute atomic E-state index is 14.0. The standard InChI is InChI=1S/C30H26F5N5O3/c31-26(32)21-10-5-11-23-25(21)39-29(43)22(16-40(23)19-9-4-6-17(14-19)15-36)38-28(42)20(12-13-30(33,34)35)24(27(37)41)18-7-2-1-3-8-18/h1-11,14,20,22,24,26H,12-13,16H2,(H2,37,41)(H,38,42)(H,39,43)/t20?,22-,24?/m0/s1. The second-order valence-electron chi connectivity index (χ2n) is 9.92. The van der Waals surface area contributed by atoms with Gasteiger partial charge < -0.3 is 21.3 Å². The third-order valence-electron chi connectivity index (χ3n) is 7.08. The summed E-state index contributed by atoms with van der Waals surface area (Å²) in [6.45, 7) is -0.343. The first-order chi connectivity index (χ1) is 20.4. The number of nitrogens with two attached hydrogens (primary N) is 1. The lowest BCUT2D eigenvalue weighted by Gasteiger charge is -2.29. The Morgan fingerprint density at radius 1 is 1.07 bits per heavy atom. The Labute approximate surface area is 243 Å². The molecule has 8 nitrogen and oxygen atoms in total. The van der Waals surface area contributed by atoms with E-state index < -0.39 is 66.6 Å². The molecule has 3 atom stereocenters. The molecule has 3 aromatic rings. The number of amides is 3. The van der Waals surface area contributed by atoms with Crippen LogP contribution in [-0.2, 0) is 14.4 Å². The molecule has 4 N–H and O–H groups in total. The van der Waals surface area contributed by atoms with Gasteiger partial charge in [0.1, 0.15) is 6.04 Å². The number of fused-ring (bicyclic) bond motifs is 1. The molecular formula is C30H26F5N5O3. The highest BCUT2D eigenvalue weighted by Crippen LogP contribution is 2.41. The first-order valence-corrected chi connectivity index (χ1v) is 13.1. The summed E-state index contributed by atoms with van der Waals surface area (Å²) >= 11 is 0. The monoisotopic (exact) mass is 599 g/mol. The number of halogens is 5. The summed E-state index contributed by atoms with van der Waals surface area (Å²) in [5.41, 5.74) is 5.76. The van der Waals surface area contributed by atoms with E-state index in [1.807, 2.05) is 6.07 Å². The number of hydrogen-bond acceptors (Lipinski definition) is 5. The predicted octanol–water partition coefficient (Wildman–Crippen LogP) is 5.30. The molecule has 43 heavy (non-hydrogen) atoms. The number of primary amides is 1. The molecule has 0 fully saturated rings. The van der Waals surface area contributed by atoms with Gasteiger partial charge in [0.25, 0.3) is 6.43 Å². The lowest BCUT2D eigenvalue weighted by molar-refractivity contribution is -0.144. The van der Waals surface area contributed by atoms with E-state index in [1.54, 1.807) is 18.2 Å². The van der Waals surface area contributed by atoms with Crippen LogP contribution in [-0.4, -0.2) is 36.5 Å². The van der Waals surface area contributed by atoms with Crippen LogP contribution in [0, 0.1) is 17.2 Å². The number of benzene rings is 3. The minimum atomic E-state index is -4.66. The Hall–Kier alpha value is -4.99. The van der Waals surface area contributed by atoms with Crippen LogP contribution in [0.4, 0.5) is 39.0 Å². The molecule has 0 spiro atoms. The number of nitrogens with one attached hydrogen (secondary N) is 2. The highest BCUT2D eigenvalue weighted by molar-refractivity contribution is 6.04. The number of alkyl halides is 5. The molecule has 0 saturated heterocycles. The minimum absolute atomic E-state index is 0.144. The largest absolute Gasteiger partial charge is 0.389 e. The van der Waals surface area contributed by atoms with Gasteiger partial charge in [-0.3, -0.25) is 14.4 Å². The smallest absolute Gasteiger partial charge is 0.369 e. The van der Waals surface area contributed by atoms with Crippen molar-refractivity contribution in [2.45, 2.75) is 37.4 Å². The van der Waals surface area contributed by atoms with Crippen molar-refractivity contribution in [3.8, 4) is 6.07 Å². The van der Waals surface area contributed by atoms with Crippen molar-refractivity contribution >= 4 is 34.8 Å². The zero-order chi connectivity index (χ0) is 31.3. The Morgan fingerprint density at radius 2 is 1.77 bits per heavy atom. The summed E-state index contributed by atoms with van der Waals surface area (Å²) in [5, 5.41) is 14.3. The molecule has 2 unspecified atom stereocenters. The van der Waals surface area contributed by atoms with Gasteiger partial charge in [0.05, 0.1) is 41.4 Å². The number of nitriles is 1. The van der Waals surface area contributed by atoms with Gasteiger partial charge in [-0.25, -0.2) is 8.78 Å². The van der Waals surface area contributed by atoms with E-state index in [1.165, 1.54) is 53.4 Å². The molecule has 3 aromatic carbocycles. The number of para-hydroxylation sites is 1. The Morgan fingerprint density at radius 3 is 2.40 bits per heavy atom. The Kier molecular flexibility index (Phi) is 9.28. The van der Waals surface area contributed by atoms with Gasteiger partial charge in [0.15, 0.2) is 0 Å². The minimum Gasteiger partial charge on any atom is -0.369 e. The van der Waals surface area contributed by atoms with Crippen LogP contribution in [0.15, 0.2) is 72.8 Å². The summed E-state index contributed by atoms with van der Waals surface area (Å²) < 4.78 is 67.7. The first kappa shape index (κ1) is 31.0. The molecule has 1 aliphatic heterocycles. The van der Waals surface area contributed by atoms with Crippen molar-refractivity contribution in [1.29, 1.82) is 5.26 Å². The first-order valence-electron chi connectivity index (χ1n) is 13.1. The highest BCUT2D eigenvalue weighted by atomic mass is 19.4. The number of nitrogens with zero attached hydrogens (tertiary/aromatic N) is 2. The molecule has 224 valence electrons. The van der Waals surface area contributed by atoms with Crippen LogP contribution in [0.1, 0.15) is 41.9 Å². The van der Waals surface area contributed by atoms with E-state index in [9.17, 15) is 41.6 Å². The van der Waals surface area contributed by atoms with E-state index >= 15 is 0 Å². The zero-order valence-electron chi connectivity index (χ0n) is 22.4. The van der Waals surface area contributed by atoms with E-state index in [-0.39, 0.29) is 29.0 Å². The summed E-state index contributed by atoms with van der Waals surface area (Å²) in [7, 11) is 0. The fourth-order valence-electron chi connectivity index (χ4n) is 5.08. The van der Waals surface area contributed by atoms with Gasteiger partial charge in [-0.05, 0) is 36.2 Å². The van der Waals surface area contributed by atoms with Crippen molar-refractivity contribution in [1.82, 2.24) is 5.32 Å². The Bertz CT molecular complexity index is 1540. The second-order valence-corrected chi connectivity index (χ2v) is 9.92. The fraction of sp³-hybridized carbons (Fsp3) is 0.267. The molecule has 0 bridgehead atoms.